The highest BCUT2D eigenvalue weighted by atomic mass is 32.1. The highest BCUT2D eigenvalue weighted by Crippen LogP contribution is 2.17. The van der Waals surface area contributed by atoms with Gasteiger partial charge in [0.1, 0.15) is 0 Å². The predicted molar refractivity (Wildman–Crippen MR) is 61.8 cm³/mol. The van der Waals surface area contributed by atoms with Crippen molar-refractivity contribution >= 4 is 27.5 Å². The van der Waals surface area contributed by atoms with Crippen molar-refractivity contribution in [1.29, 1.82) is 5.41 Å². The molecule has 0 spiro atoms. The Morgan fingerprint density at radius 2 is 2.38 bits per heavy atom. The van der Waals surface area contributed by atoms with Crippen molar-refractivity contribution in [2.75, 3.05) is 12.4 Å². The Balaban J connectivity index is 2.52. The number of ether oxygens (including phenoxy) is 1. The van der Waals surface area contributed by atoms with E-state index in [2.05, 4.69) is 0 Å². The number of thiazole rings is 1. The Morgan fingerprint density at radius 3 is 3.06 bits per heavy atom. The fourth-order valence-corrected chi connectivity index (χ4v) is 2.26. The van der Waals surface area contributed by atoms with E-state index in [9.17, 15) is 4.79 Å². The van der Waals surface area contributed by atoms with Gasteiger partial charge in [-0.15, -0.1) is 0 Å². The van der Waals surface area contributed by atoms with Gasteiger partial charge in [-0.25, -0.2) is 9.47 Å². The van der Waals surface area contributed by atoms with Crippen LogP contribution >= 0.6 is 11.3 Å². The summed E-state index contributed by atoms with van der Waals surface area (Å²) in [6.45, 7) is 2.11. The van der Waals surface area contributed by atoms with Gasteiger partial charge in [0.25, 0.3) is 0 Å². The molecule has 5 nitrogen and oxygen atoms in total. The number of nitrogen functional groups attached to an aromatic ring is 1. The molecule has 3 N–H and O–H groups in total. The molecule has 0 aliphatic carbocycles. The van der Waals surface area contributed by atoms with Gasteiger partial charge in [0.2, 0.25) is 4.80 Å². The lowest BCUT2D eigenvalue weighted by molar-refractivity contribution is 0.0526. The van der Waals surface area contributed by atoms with E-state index < -0.39 is 0 Å². The van der Waals surface area contributed by atoms with Gasteiger partial charge in [0, 0.05) is 0 Å². The first-order chi connectivity index (χ1) is 7.63. The average molecular weight is 237 g/mol. The lowest BCUT2D eigenvalue weighted by atomic mass is 10.2. The molecule has 0 aliphatic rings. The van der Waals surface area contributed by atoms with Crippen LogP contribution < -0.4 is 10.6 Å². The van der Waals surface area contributed by atoms with Crippen molar-refractivity contribution in [2.45, 2.75) is 6.92 Å². The van der Waals surface area contributed by atoms with Crippen LogP contribution in [-0.2, 0) is 4.74 Å². The number of nitrogens with two attached hydrogens (primary N) is 1. The molecule has 16 heavy (non-hydrogen) atoms. The average Bonchev–Trinajstić information content (AvgIpc) is 2.55. The minimum atomic E-state index is -0.354. The molecule has 1 aromatic heterocycles. The summed E-state index contributed by atoms with van der Waals surface area (Å²) in [4.78, 5) is 11.7. The summed E-state index contributed by atoms with van der Waals surface area (Å²) in [6, 6.07) is 5.06. The quantitative estimate of drug-likeness (QED) is 0.605. The number of nitrogens with one attached hydrogen (secondary N) is 1. The molecule has 0 fully saturated rings. The van der Waals surface area contributed by atoms with E-state index in [0.29, 0.717) is 12.2 Å². The van der Waals surface area contributed by atoms with Gasteiger partial charge in [-0.1, -0.05) is 11.3 Å². The molecule has 0 aliphatic heterocycles. The summed E-state index contributed by atoms with van der Waals surface area (Å²) >= 11 is 1.23. The van der Waals surface area contributed by atoms with Gasteiger partial charge >= 0.3 is 5.97 Å². The van der Waals surface area contributed by atoms with Crippen molar-refractivity contribution in [3.05, 3.63) is 28.6 Å². The Labute approximate surface area is 95.5 Å². The molecule has 0 atom stereocenters. The summed E-state index contributed by atoms with van der Waals surface area (Å²) in [5, 5.41) is 7.55. The number of benzene rings is 1. The van der Waals surface area contributed by atoms with E-state index in [1.807, 2.05) is 0 Å². The summed E-state index contributed by atoms with van der Waals surface area (Å²) < 4.78 is 6.99. The molecule has 0 bridgehead atoms. The Morgan fingerprint density at radius 1 is 1.62 bits per heavy atom. The maximum atomic E-state index is 11.5. The Kier molecular flexibility index (Phi) is 2.66. The van der Waals surface area contributed by atoms with Gasteiger partial charge in [0.15, 0.2) is 0 Å². The standard InChI is InChI=1S/C10H11N3O2S/c1-2-15-9(14)6-3-4-7-8(5-6)16-10(11)13(7)12/h3-5,11H,2,12H2,1H3. The van der Waals surface area contributed by atoms with Crippen molar-refractivity contribution < 1.29 is 9.53 Å². The molecule has 84 valence electrons. The highest BCUT2D eigenvalue weighted by Gasteiger charge is 2.09. The number of aromatic nitrogens is 1. The molecule has 2 aromatic rings. The molecule has 1 aromatic carbocycles. The molecule has 1 heterocycles. The van der Waals surface area contributed by atoms with E-state index in [0.717, 1.165) is 10.2 Å². The van der Waals surface area contributed by atoms with Crippen LogP contribution in [0.2, 0.25) is 0 Å². The zero-order valence-electron chi connectivity index (χ0n) is 8.69. The van der Waals surface area contributed by atoms with Crippen molar-refractivity contribution in [2.24, 2.45) is 0 Å². The zero-order chi connectivity index (χ0) is 11.7. The number of hydrogen-bond donors (Lipinski definition) is 2. The van der Waals surface area contributed by atoms with E-state index in [4.69, 9.17) is 16.0 Å². The van der Waals surface area contributed by atoms with Crippen LogP contribution in [0.5, 0.6) is 0 Å². The molecular formula is C10H11N3O2S. The third kappa shape index (κ3) is 1.67. The third-order valence-electron chi connectivity index (χ3n) is 2.16. The van der Waals surface area contributed by atoms with Crippen molar-refractivity contribution in [3.63, 3.8) is 0 Å². The number of carbonyl (C=O) groups excluding carboxylic acids is 1. The van der Waals surface area contributed by atoms with Crippen LogP contribution in [0.1, 0.15) is 17.3 Å². The smallest absolute Gasteiger partial charge is 0.338 e. The minimum absolute atomic E-state index is 0.246. The van der Waals surface area contributed by atoms with Gasteiger partial charge in [-0.05, 0) is 25.1 Å². The zero-order valence-corrected chi connectivity index (χ0v) is 9.50. The van der Waals surface area contributed by atoms with E-state index >= 15 is 0 Å². The minimum Gasteiger partial charge on any atom is -0.462 e. The first kappa shape index (κ1) is 10.7. The molecule has 0 saturated heterocycles. The summed E-state index contributed by atoms with van der Waals surface area (Å²) in [5.41, 5.74) is 1.22. The maximum Gasteiger partial charge on any atom is 0.338 e. The largest absolute Gasteiger partial charge is 0.462 e. The topological polar surface area (TPSA) is 81.1 Å². The Hall–Kier alpha value is -1.82. The second-order valence-electron chi connectivity index (χ2n) is 3.18. The second-order valence-corrected chi connectivity index (χ2v) is 4.21. The Bertz CT molecular complexity index is 600. The summed E-state index contributed by atoms with van der Waals surface area (Å²) in [6.07, 6.45) is 0. The lowest BCUT2D eigenvalue weighted by Gasteiger charge is -2.01. The van der Waals surface area contributed by atoms with Gasteiger partial charge < -0.3 is 10.6 Å². The molecule has 2 rings (SSSR count). The molecule has 0 amide bonds. The monoisotopic (exact) mass is 237 g/mol. The molecular weight excluding hydrogens is 226 g/mol. The first-order valence-electron chi connectivity index (χ1n) is 4.76. The highest BCUT2D eigenvalue weighted by molar-refractivity contribution is 7.16. The third-order valence-corrected chi connectivity index (χ3v) is 3.09. The normalized spacial score (nSPS) is 10.6. The predicted octanol–water partition coefficient (Wildman–Crippen LogP) is 1.07. The lowest BCUT2D eigenvalue weighted by Crippen LogP contribution is -2.20. The number of nitrogens with zero attached hydrogens (tertiary/aromatic N) is 1. The number of rotatable bonds is 2. The van der Waals surface area contributed by atoms with Gasteiger partial charge in [-0.2, -0.15) is 0 Å². The molecule has 0 saturated carbocycles. The van der Waals surface area contributed by atoms with Crippen molar-refractivity contribution in [3.8, 4) is 0 Å². The molecule has 0 unspecified atom stereocenters. The van der Waals surface area contributed by atoms with Crippen LogP contribution in [-0.4, -0.2) is 17.3 Å². The number of esters is 1. The molecule has 0 radical (unpaired) electrons. The van der Waals surface area contributed by atoms with E-state index in [1.54, 1.807) is 25.1 Å². The van der Waals surface area contributed by atoms with Crippen LogP contribution in [0, 0.1) is 5.41 Å². The first-order valence-corrected chi connectivity index (χ1v) is 5.57. The van der Waals surface area contributed by atoms with Crippen LogP contribution in [0.4, 0.5) is 0 Å². The van der Waals surface area contributed by atoms with Gasteiger partial charge in [0.05, 0.1) is 22.4 Å². The summed E-state index contributed by atoms with van der Waals surface area (Å²) in [7, 11) is 0. The number of fused-ring (bicyclic) bond motifs is 1. The van der Waals surface area contributed by atoms with E-state index in [1.165, 1.54) is 16.0 Å². The van der Waals surface area contributed by atoms with Gasteiger partial charge in [-0.3, -0.25) is 5.41 Å². The maximum absolute atomic E-state index is 11.5. The SMILES string of the molecule is CCOC(=O)c1ccc2c(c1)sc(=N)n2N. The van der Waals surface area contributed by atoms with Crippen LogP contribution in [0.25, 0.3) is 10.2 Å². The number of hydrogen-bond acceptors (Lipinski definition) is 5. The summed E-state index contributed by atoms with van der Waals surface area (Å²) in [5.74, 6) is 5.29. The van der Waals surface area contributed by atoms with Crippen LogP contribution in [0.15, 0.2) is 18.2 Å². The fourth-order valence-electron chi connectivity index (χ4n) is 1.40. The fraction of sp³-hybridized carbons (Fsp3) is 0.200. The number of carbonyl (C=O) groups is 1. The molecule has 6 heteroatoms. The van der Waals surface area contributed by atoms with Crippen LogP contribution in [0.3, 0.4) is 0 Å². The van der Waals surface area contributed by atoms with Crippen molar-refractivity contribution in [1.82, 2.24) is 4.68 Å². The van der Waals surface area contributed by atoms with E-state index in [-0.39, 0.29) is 10.8 Å². The second kappa shape index (κ2) is 3.97.